The molecule has 3 heterocycles. The Morgan fingerprint density at radius 1 is 1.15 bits per heavy atom. The van der Waals surface area contributed by atoms with Gasteiger partial charge in [0.05, 0.1) is 21.7 Å². The van der Waals surface area contributed by atoms with Crippen LogP contribution in [-0.2, 0) is 16.1 Å². The first-order valence-corrected chi connectivity index (χ1v) is 14.0. The molecule has 0 radical (unpaired) electrons. The third kappa shape index (κ3) is 5.93. The molecule has 0 aliphatic carbocycles. The average molecular weight is 499 g/mol. The van der Waals surface area contributed by atoms with Crippen molar-refractivity contribution < 1.29 is 9.53 Å². The number of carbonyl (C=O) groups is 1. The minimum absolute atomic E-state index is 0.0151. The van der Waals surface area contributed by atoms with Crippen molar-refractivity contribution in [2.24, 2.45) is 5.41 Å². The van der Waals surface area contributed by atoms with E-state index in [4.69, 9.17) is 4.74 Å². The summed E-state index contributed by atoms with van der Waals surface area (Å²) in [5.41, 5.74) is 1.67. The van der Waals surface area contributed by atoms with E-state index in [1.54, 1.807) is 17.4 Å². The first kappa shape index (κ1) is 25.0. The molecule has 0 atom stereocenters. The van der Waals surface area contributed by atoms with Gasteiger partial charge in [0.2, 0.25) is 0 Å². The highest BCUT2D eigenvalue weighted by atomic mass is 32.2. The third-order valence-electron chi connectivity index (χ3n) is 6.85. The van der Waals surface area contributed by atoms with E-state index in [1.807, 2.05) is 36.2 Å². The molecule has 3 aromatic rings. The summed E-state index contributed by atoms with van der Waals surface area (Å²) < 4.78 is 8.75. The highest BCUT2D eigenvalue weighted by Crippen LogP contribution is 2.38. The molecule has 0 bridgehead atoms. The van der Waals surface area contributed by atoms with Crippen LogP contribution in [0.4, 0.5) is 0 Å². The number of pyridine rings is 1. The van der Waals surface area contributed by atoms with Gasteiger partial charge >= 0.3 is 5.97 Å². The molecule has 1 aromatic carbocycles. The number of ether oxygens (including phenoxy) is 1. The Morgan fingerprint density at radius 2 is 1.94 bits per heavy atom. The van der Waals surface area contributed by atoms with Crippen LogP contribution < -0.4 is 5.56 Å². The van der Waals surface area contributed by atoms with Crippen LogP contribution in [0.1, 0.15) is 38.2 Å². The lowest BCUT2D eigenvalue weighted by Crippen LogP contribution is -2.46. The molecule has 5 nitrogen and oxygen atoms in total. The highest BCUT2D eigenvalue weighted by Gasteiger charge is 2.42. The van der Waals surface area contributed by atoms with Crippen LogP contribution in [0, 0.1) is 12.3 Å². The zero-order chi connectivity index (χ0) is 24.0. The van der Waals surface area contributed by atoms with Gasteiger partial charge in [-0.15, -0.1) is 23.1 Å². The standard InChI is InChI=1S/C27H34N2O3S2/c1-3-32-26(31)27(12-15-28(16-13-27)17-19-34-25-6-4-18-33-25)11-5-14-29-23-20-21(2)7-8-22(23)9-10-24(29)30/h4,6-10,18,20H,3,5,11-17,19H2,1-2H3. The predicted octanol–water partition coefficient (Wildman–Crippen LogP) is 5.59. The Labute approximate surface area is 210 Å². The number of esters is 1. The zero-order valence-corrected chi connectivity index (χ0v) is 21.8. The highest BCUT2D eigenvalue weighted by molar-refractivity contribution is 8.01. The molecule has 1 fully saturated rings. The number of likely N-dealkylation sites (tertiary alicyclic amines) is 1. The van der Waals surface area contributed by atoms with Crippen LogP contribution in [-0.4, -0.2) is 47.4 Å². The van der Waals surface area contributed by atoms with Gasteiger partial charge in [-0.05, 0) is 87.1 Å². The van der Waals surface area contributed by atoms with Crippen LogP contribution in [0.25, 0.3) is 10.9 Å². The number of benzene rings is 1. The van der Waals surface area contributed by atoms with Gasteiger partial charge in [0.25, 0.3) is 5.56 Å². The second-order valence-electron chi connectivity index (χ2n) is 9.11. The zero-order valence-electron chi connectivity index (χ0n) is 20.1. The quantitative estimate of drug-likeness (QED) is 0.269. The normalized spacial score (nSPS) is 16.1. The number of aryl methyl sites for hydroxylation is 2. The van der Waals surface area contributed by atoms with Gasteiger partial charge in [0, 0.05) is 24.9 Å². The second kappa shape index (κ2) is 11.6. The summed E-state index contributed by atoms with van der Waals surface area (Å²) >= 11 is 3.69. The van der Waals surface area contributed by atoms with E-state index in [2.05, 4.69) is 40.6 Å². The number of hydrogen-bond acceptors (Lipinski definition) is 6. The summed E-state index contributed by atoms with van der Waals surface area (Å²) in [6.45, 7) is 7.80. The van der Waals surface area contributed by atoms with Crippen molar-refractivity contribution in [1.29, 1.82) is 0 Å². The van der Waals surface area contributed by atoms with Gasteiger partial charge in [0.15, 0.2) is 0 Å². The van der Waals surface area contributed by atoms with Crippen molar-refractivity contribution in [2.75, 3.05) is 32.0 Å². The maximum Gasteiger partial charge on any atom is 0.312 e. The van der Waals surface area contributed by atoms with Gasteiger partial charge in [-0.2, -0.15) is 0 Å². The molecule has 7 heteroatoms. The van der Waals surface area contributed by atoms with Gasteiger partial charge < -0.3 is 14.2 Å². The summed E-state index contributed by atoms with van der Waals surface area (Å²) in [6, 6.07) is 14.0. The van der Waals surface area contributed by atoms with Crippen LogP contribution in [0.5, 0.6) is 0 Å². The van der Waals surface area contributed by atoms with Crippen LogP contribution in [0.3, 0.4) is 0 Å². The van der Waals surface area contributed by atoms with Crippen molar-refractivity contribution in [3.05, 3.63) is 63.8 Å². The lowest BCUT2D eigenvalue weighted by atomic mass is 9.74. The summed E-state index contributed by atoms with van der Waals surface area (Å²) in [5, 5.41) is 3.18. The fourth-order valence-electron chi connectivity index (χ4n) is 4.87. The van der Waals surface area contributed by atoms with E-state index in [0.29, 0.717) is 13.2 Å². The molecular weight excluding hydrogens is 464 g/mol. The maximum absolute atomic E-state index is 13.1. The fraction of sp³-hybridized carbons (Fsp3) is 0.481. The molecule has 0 unspecified atom stereocenters. The third-order valence-corrected chi connectivity index (χ3v) is 8.96. The average Bonchev–Trinajstić information content (AvgIpc) is 3.35. The van der Waals surface area contributed by atoms with Gasteiger partial charge in [-0.1, -0.05) is 18.2 Å². The fourth-order valence-corrected chi connectivity index (χ4v) is 6.73. The molecule has 182 valence electrons. The summed E-state index contributed by atoms with van der Waals surface area (Å²) in [6.07, 6.45) is 3.16. The number of nitrogens with zero attached hydrogens (tertiary/aromatic N) is 2. The number of hydrogen-bond donors (Lipinski definition) is 0. The summed E-state index contributed by atoms with van der Waals surface area (Å²) in [7, 11) is 0. The Hall–Kier alpha value is -2.09. The number of fused-ring (bicyclic) bond motifs is 1. The van der Waals surface area contributed by atoms with Crippen LogP contribution in [0.2, 0.25) is 0 Å². The topological polar surface area (TPSA) is 51.5 Å². The first-order valence-electron chi connectivity index (χ1n) is 12.2. The van der Waals surface area contributed by atoms with Gasteiger partial charge in [-0.3, -0.25) is 9.59 Å². The number of carbonyl (C=O) groups excluding carboxylic acids is 1. The van der Waals surface area contributed by atoms with Crippen molar-refractivity contribution in [3.8, 4) is 0 Å². The Bertz CT molecular complexity index is 1150. The SMILES string of the molecule is CCOC(=O)C1(CCCn2c(=O)ccc3ccc(C)cc32)CCN(CCSc2cccs2)CC1. The smallest absolute Gasteiger partial charge is 0.312 e. The summed E-state index contributed by atoms with van der Waals surface area (Å²) in [4.78, 5) is 28.2. The summed E-state index contributed by atoms with van der Waals surface area (Å²) in [5.74, 6) is 1.000. The number of aromatic nitrogens is 1. The Balaban J connectivity index is 1.38. The minimum atomic E-state index is -0.447. The molecule has 4 rings (SSSR count). The van der Waals surface area contributed by atoms with E-state index in [1.165, 1.54) is 4.21 Å². The van der Waals surface area contributed by atoms with Crippen molar-refractivity contribution in [2.45, 2.75) is 50.3 Å². The second-order valence-corrected chi connectivity index (χ2v) is 11.5. The van der Waals surface area contributed by atoms with Crippen molar-refractivity contribution >= 4 is 40.0 Å². The molecular formula is C27H34N2O3S2. The van der Waals surface area contributed by atoms with Crippen molar-refractivity contribution in [3.63, 3.8) is 0 Å². The van der Waals surface area contributed by atoms with Gasteiger partial charge in [0.1, 0.15) is 0 Å². The maximum atomic E-state index is 13.1. The minimum Gasteiger partial charge on any atom is -0.466 e. The lowest BCUT2D eigenvalue weighted by molar-refractivity contribution is -0.159. The molecule has 1 aliphatic rings. The van der Waals surface area contributed by atoms with E-state index in [0.717, 1.165) is 67.5 Å². The van der Waals surface area contributed by atoms with Crippen LogP contribution >= 0.6 is 23.1 Å². The number of rotatable bonds is 10. The Kier molecular flexibility index (Phi) is 8.51. The molecule has 1 saturated heterocycles. The molecule has 0 saturated carbocycles. The monoisotopic (exact) mass is 498 g/mol. The van der Waals surface area contributed by atoms with E-state index < -0.39 is 5.41 Å². The molecule has 1 aliphatic heterocycles. The van der Waals surface area contributed by atoms with Gasteiger partial charge in [-0.25, -0.2) is 0 Å². The molecule has 34 heavy (non-hydrogen) atoms. The van der Waals surface area contributed by atoms with E-state index in [9.17, 15) is 9.59 Å². The van der Waals surface area contributed by atoms with E-state index >= 15 is 0 Å². The van der Waals surface area contributed by atoms with Crippen LogP contribution in [0.15, 0.2) is 56.8 Å². The molecule has 0 amide bonds. The van der Waals surface area contributed by atoms with E-state index in [-0.39, 0.29) is 11.5 Å². The molecule has 0 spiro atoms. The molecule has 0 N–H and O–H groups in total. The lowest BCUT2D eigenvalue weighted by Gasteiger charge is -2.40. The number of thioether (sulfide) groups is 1. The Morgan fingerprint density at radius 3 is 2.68 bits per heavy atom. The first-order chi connectivity index (χ1) is 16.5. The number of piperidine rings is 1. The predicted molar refractivity (Wildman–Crippen MR) is 142 cm³/mol. The molecule has 2 aromatic heterocycles. The number of thiophene rings is 1. The largest absolute Gasteiger partial charge is 0.466 e. The van der Waals surface area contributed by atoms with Crippen molar-refractivity contribution in [1.82, 2.24) is 9.47 Å².